The van der Waals surface area contributed by atoms with Crippen molar-refractivity contribution >= 4 is 29.2 Å². The van der Waals surface area contributed by atoms with E-state index in [-0.39, 0.29) is 18.0 Å². The lowest BCUT2D eigenvalue weighted by molar-refractivity contribution is -0.123. The third kappa shape index (κ3) is 3.04. The quantitative estimate of drug-likeness (QED) is 0.463. The summed E-state index contributed by atoms with van der Waals surface area (Å²) in [5.41, 5.74) is 5.04. The summed E-state index contributed by atoms with van der Waals surface area (Å²) >= 11 is 5.88. The largest absolute Gasteiger partial charge is 0.298 e. The Bertz CT molecular complexity index is 860. The Morgan fingerprint density at radius 3 is 2.42 bits per heavy atom. The number of allylic oxidation sites excluding steroid dienone is 1. The summed E-state index contributed by atoms with van der Waals surface area (Å²) in [7, 11) is 0. The highest BCUT2D eigenvalue weighted by atomic mass is 35.5. The third-order valence-electron chi connectivity index (χ3n) is 4.35. The van der Waals surface area contributed by atoms with Gasteiger partial charge < -0.3 is 0 Å². The SMILES string of the molecule is Cc1cc(C)c(C2C(=O)CC(=Cc3cccc(Cl)n3)C2=O)c(C)c1. The Labute approximate surface area is 146 Å². The van der Waals surface area contributed by atoms with Crippen molar-refractivity contribution in [2.75, 3.05) is 0 Å². The van der Waals surface area contributed by atoms with E-state index in [1.54, 1.807) is 24.3 Å². The van der Waals surface area contributed by atoms with E-state index < -0.39 is 5.92 Å². The summed E-state index contributed by atoms with van der Waals surface area (Å²) in [4.78, 5) is 29.5. The molecule has 0 saturated heterocycles. The molecule has 0 N–H and O–H groups in total. The average Bonchev–Trinajstić information content (AvgIpc) is 2.74. The Hall–Kier alpha value is -2.26. The molecule has 1 aliphatic rings. The molecule has 4 heteroatoms. The van der Waals surface area contributed by atoms with Gasteiger partial charge in [0.25, 0.3) is 0 Å². The van der Waals surface area contributed by atoms with E-state index in [9.17, 15) is 9.59 Å². The summed E-state index contributed by atoms with van der Waals surface area (Å²) < 4.78 is 0. The third-order valence-corrected chi connectivity index (χ3v) is 4.56. The van der Waals surface area contributed by atoms with Gasteiger partial charge in [0, 0.05) is 12.0 Å². The van der Waals surface area contributed by atoms with Crippen molar-refractivity contribution in [1.82, 2.24) is 4.98 Å². The van der Waals surface area contributed by atoms with Crippen LogP contribution in [-0.2, 0) is 9.59 Å². The molecule has 1 atom stereocenters. The Kier molecular flexibility index (Phi) is 4.37. The molecule has 3 rings (SSSR count). The normalized spacial score (nSPS) is 19.3. The molecule has 0 aliphatic heterocycles. The topological polar surface area (TPSA) is 47.0 Å². The molecule has 1 unspecified atom stereocenters. The number of ketones is 2. The number of carbonyl (C=O) groups is 2. The predicted molar refractivity (Wildman–Crippen MR) is 95.2 cm³/mol. The molecule has 1 aromatic heterocycles. The Morgan fingerprint density at radius 1 is 1.12 bits per heavy atom. The first kappa shape index (κ1) is 16.6. The van der Waals surface area contributed by atoms with Crippen LogP contribution in [0.2, 0.25) is 5.15 Å². The van der Waals surface area contributed by atoms with Crippen LogP contribution in [0.1, 0.15) is 40.3 Å². The van der Waals surface area contributed by atoms with Crippen molar-refractivity contribution in [2.45, 2.75) is 33.1 Å². The van der Waals surface area contributed by atoms with Crippen LogP contribution in [-0.4, -0.2) is 16.6 Å². The van der Waals surface area contributed by atoms with Gasteiger partial charge in [0.15, 0.2) is 11.6 Å². The highest BCUT2D eigenvalue weighted by Gasteiger charge is 2.39. The number of pyridine rings is 1. The van der Waals surface area contributed by atoms with Gasteiger partial charge in [0.05, 0.1) is 5.69 Å². The first-order valence-corrected chi connectivity index (χ1v) is 8.22. The second-order valence-corrected chi connectivity index (χ2v) is 6.69. The fourth-order valence-corrected chi connectivity index (χ4v) is 3.62. The zero-order valence-electron chi connectivity index (χ0n) is 13.9. The molecule has 0 spiro atoms. The van der Waals surface area contributed by atoms with Crippen LogP contribution in [0, 0.1) is 20.8 Å². The van der Waals surface area contributed by atoms with Gasteiger partial charge >= 0.3 is 0 Å². The van der Waals surface area contributed by atoms with Gasteiger partial charge in [-0.15, -0.1) is 0 Å². The first-order valence-electron chi connectivity index (χ1n) is 7.84. The van der Waals surface area contributed by atoms with Gasteiger partial charge in [-0.3, -0.25) is 9.59 Å². The van der Waals surface area contributed by atoms with E-state index in [1.807, 2.05) is 32.9 Å². The number of hydrogen-bond acceptors (Lipinski definition) is 3. The fourth-order valence-electron chi connectivity index (χ4n) is 3.45. The predicted octanol–water partition coefficient (Wildman–Crippen LogP) is 4.37. The number of rotatable bonds is 2. The van der Waals surface area contributed by atoms with Crippen LogP contribution in [0.3, 0.4) is 0 Å². The van der Waals surface area contributed by atoms with Crippen LogP contribution in [0.25, 0.3) is 6.08 Å². The second kappa shape index (κ2) is 6.33. The summed E-state index contributed by atoms with van der Waals surface area (Å²) in [5, 5.41) is 0.364. The maximum absolute atomic E-state index is 12.8. The minimum absolute atomic E-state index is 0.0525. The molecule has 2 aromatic rings. The van der Waals surface area contributed by atoms with Gasteiger partial charge in [-0.25, -0.2) is 4.98 Å². The molecular weight excluding hydrogens is 322 g/mol. The van der Waals surface area contributed by atoms with E-state index >= 15 is 0 Å². The lowest BCUT2D eigenvalue weighted by Crippen LogP contribution is -2.15. The molecular formula is C20H18ClNO2. The molecule has 1 aromatic carbocycles. The average molecular weight is 340 g/mol. The molecule has 0 radical (unpaired) electrons. The van der Waals surface area contributed by atoms with Crippen molar-refractivity contribution < 1.29 is 9.59 Å². The molecule has 24 heavy (non-hydrogen) atoms. The highest BCUT2D eigenvalue weighted by molar-refractivity contribution is 6.29. The zero-order valence-corrected chi connectivity index (χ0v) is 14.6. The molecule has 1 aliphatic carbocycles. The van der Waals surface area contributed by atoms with Crippen LogP contribution < -0.4 is 0 Å². The zero-order chi connectivity index (χ0) is 17.4. The number of hydrogen-bond donors (Lipinski definition) is 0. The van der Waals surface area contributed by atoms with E-state index in [0.29, 0.717) is 16.4 Å². The Morgan fingerprint density at radius 2 is 1.79 bits per heavy atom. The molecule has 3 nitrogen and oxygen atoms in total. The monoisotopic (exact) mass is 339 g/mol. The molecule has 1 fully saturated rings. The van der Waals surface area contributed by atoms with Gasteiger partial charge in [0.1, 0.15) is 11.1 Å². The number of aromatic nitrogens is 1. The second-order valence-electron chi connectivity index (χ2n) is 6.31. The van der Waals surface area contributed by atoms with Gasteiger partial charge in [-0.1, -0.05) is 35.4 Å². The summed E-state index contributed by atoms with van der Waals surface area (Å²) in [6.45, 7) is 5.92. The summed E-state index contributed by atoms with van der Waals surface area (Å²) in [6, 6.07) is 9.25. The van der Waals surface area contributed by atoms with Crippen molar-refractivity contribution in [1.29, 1.82) is 0 Å². The molecule has 0 amide bonds. The van der Waals surface area contributed by atoms with E-state index in [1.165, 1.54) is 0 Å². The molecule has 1 saturated carbocycles. The van der Waals surface area contributed by atoms with Crippen LogP contribution in [0.4, 0.5) is 0 Å². The van der Waals surface area contributed by atoms with E-state index in [4.69, 9.17) is 11.6 Å². The Balaban J connectivity index is 2.02. The number of Topliss-reactive ketones (excluding diaryl/α,β-unsaturated/α-hetero) is 2. The minimum atomic E-state index is -0.698. The van der Waals surface area contributed by atoms with Crippen LogP contribution >= 0.6 is 11.6 Å². The molecule has 1 heterocycles. The number of carbonyl (C=O) groups excluding carboxylic acids is 2. The number of benzene rings is 1. The van der Waals surface area contributed by atoms with Gasteiger partial charge in [-0.05, 0) is 55.7 Å². The van der Waals surface area contributed by atoms with E-state index in [2.05, 4.69) is 4.98 Å². The summed E-state index contributed by atoms with van der Waals surface area (Å²) in [6.07, 6.45) is 1.81. The fraction of sp³-hybridized carbons (Fsp3) is 0.250. The van der Waals surface area contributed by atoms with Crippen molar-refractivity contribution in [2.24, 2.45) is 0 Å². The first-order chi connectivity index (χ1) is 11.4. The van der Waals surface area contributed by atoms with Gasteiger partial charge in [-0.2, -0.15) is 0 Å². The smallest absolute Gasteiger partial charge is 0.174 e. The van der Waals surface area contributed by atoms with Crippen LogP contribution in [0.5, 0.6) is 0 Å². The van der Waals surface area contributed by atoms with Crippen molar-refractivity contribution in [3.63, 3.8) is 0 Å². The number of halogens is 1. The molecule has 0 bridgehead atoms. The van der Waals surface area contributed by atoms with Crippen molar-refractivity contribution in [3.05, 3.63) is 69.0 Å². The maximum Gasteiger partial charge on any atom is 0.174 e. The maximum atomic E-state index is 12.8. The van der Waals surface area contributed by atoms with Gasteiger partial charge in [0.2, 0.25) is 0 Å². The van der Waals surface area contributed by atoms with Crippen LogP contribution in [0.15, 0.2) is 35.9 Å². The minimum Gasteiger partial charge on any atom is -0.298 e. The van der Waals surface area contributed by atoms with Crippen molar-refractivity contribution in [3.8, 4) is 0 Å². The standard InChI is InChI=1S/C20H18ClNO2/c1-11-7-12(2)18(13(3)8-11)19-16(23)10-14(20(19)24)9-15-5-4-6-17(21)22-15/h4-9,19H,10H2,1-3H3. The van der Waals surface area contributed by atoms with E-state index in [0.717, 1.165) is 22.3 Å². The highest BCUT2D eigenvalue weighted by Crippen LogP contribution is 2.36. The lowest BCUT2D eigenvalue weighted by atomic mass is 9.87. The molecule has 122 valence electrons. The number of aryl methyl sites for hydroxylation is 3. The lowest BCUT2D eigenvalue weighted by Gasteiger charge is -2.15. The summed E-state index contributed by atoms with van der Waals surface area (Å²) in [5.74, 6) is -0.879. The number of nitrogens with zero attached hydrogens (tertiary/aromatic N) is 1.